The third kappa shape index (κ3) is 2.50. The Morgan fingerprint density at radius 1 is 1.39 bits per heavy atom. The van der Waals surface area contributed by atoms with E-state index < -0.39 is 24.1 Å². The highest BCUT2D eigenvalue weighted by molar-refractivity contribution is 5.05. The van der Waals surface area contributed by atoms with Gasteiger partial charge in [-0.15, -0.1) is 5.10 Å². The quantitative estimate of drug-likeness (QED) is 0.888. The zero-order chi connectivity index (χ0) is 13.3. The van der Waals surface area contributed by atoms with Gasteiger partial charge in [-0.1, -0.05) is 18.1 Å². The first-order chi connectivity index (χ1) is 8.41. The number of halogens is 3. The van der Waals surface area contributed by atoms with Gasteiger partial charge in [0.1, 0.15) is 0 Å². The van der Waals surface area contributed by atoms with E-state index in [0.29, 0.717) is 18.5 Å². The number of aryl methyl sites for hydroxylation is 1. The Kier molecular flexibility index (Phi) is 3.61. The van der Waals surface area contributed by atoms with Gasteiger partial charge in [-0.3, -0.25) is 4.68 Å². The second-order valence-electron chi connectivity index (χ2n) is 4.90. The Bertz CT molecular complexity index is 401. The summed E-state index contributed by atoms with van der Waals surface area (Å²) in [5, 5.41) is 7.40. The molecule has 2 rings (SSSR count). The maximum Gasteiger partial charge on any atom is 0.392 e. The summed E-state index contributed by atoms with van der Waals surface area (Å²) in [6.07, 6.45) is -0.613. The molecule has 1 aliphatic rings. The maximum atomic E-state index is 13.0. The molecule has 0 radical (unpaired) electrons. The molecule has 3 atom stereocenters. The van der Waals surface area contributed by atoms with E-state index >= 15 is 0 Å². The van der Waals surface area contributed by atoms with Gasteiger partial charge in [0.2, 0.25) is 0 Å². The van der Waals surface area contributed by atoms with Crippen LogP contribution < -0.4 is 5.73 Å². The fourth-order valence-electron chi connectivity index (χ4n) is 2.81. The fourth-order valence-corrected chi connectivity index (χ4v) is 2.81. The minimum absolute atomic E-state index is 0.174. The van der Waals surface area contributed by atoms with Gasteiger partial charge in [-0.25, -0.2) is 0 Å². The maximum absolute atomic E-state index is 13.0. The molecule has 1 aromatic heterocycles. The van der Waals surface area contributed by atoms with Crippen LogP contribution in [0.4, 0.5) is 13.2 Å². The molecule has 0 aromatic carbocycles. The normalized spacial score (nSPS) is 27.2. The van der Waals surface area contributed by atoms with Crippen molar-refractivity contribution in [2.75, 3.05) is 0 Å². The lowest BCUT2D eigenvalue weighted by Gasteiger charge is -2.36. The van der Waals surface area contributed by atoms with Crippen molar-refractivity contribution < 1.29 is 13.2 Å². The van der Waals surface area contributed by atoms with E-state index in [0.717, 1.165) is 6.42 Å². The highest BCUT2D eigenvalue weighted by Crippen LogP contribution is 2.45. The zero-order valence-electron chi connectivity index (χ0n) is 10.2. The molecule has 7 heteroatoms. The van der Waals surface area contributed by atoms with Gasteiger partial charge >= 0.3 is 6.18 Å². The summed E-state index contributed by atoms with van der Waals surface area (Å²) in [4.78, 5) is 0. The van der Waals surface area contributed by atoms with E-state index in [1.54, 1.807) is 7.05 Å². The summed E-state index contributed by atoms with van der Waals surface area (Å²) in [6.45, 7) is 0. The number of alkyl halides is 3. The monoisotopic (exact) mass is 262 g/mol. The number of hydrogen-bond acceptors (Lipinski definition) is 3. The van der Waals surface area contributed by atoms with Crippen LogP contribution in [-0.4, -0.2) is 21.2 Å². The second kappa shape index (κ2) is 4.87. The SMILES string of the molecule is Cn1nncc1C(N)C1CCCCC1C(F)(F)F. The number of rotatable bonds is 2. The Morgan fingerprint density at radius 3 is 2.61 bits per heavy atom. The van der Waals surface area contributed by atoms with Crippen molar-refractivity contribution in [2.24, 2.45) is 24.6 Å². The Hall–Kier alpha value is -1.11. The molecule has 0 amide bonds. The van der Waals surface area contributed by atoms with Gasteiger partial charge in [0.15, 0.2) is 0 Å². The van der Waals surface area contributed by atoms with Gasteiger partial charge in [-0.05, 0) is 18.8 Å². The molecule has 0 bridgehead atoms. The third-order valence-corrected chi connectivity index (χ3v) is 3.79. The molecule has 1 aromatic rings. The van der Waals surface area contributed by atoms with E-state index in [1.165, 1.54) is 10.9 Å². The topological polar surface area (TPSA) is 56.7 Å². The molecule has 1 heterocycles. The molecule has 18 heavy (non-hydrogen) atoms. The zero-order valence-corrected chi connectivity index (χ0v) is 10.2. The predicted octanol–water partition coefficient (Wildman–Crippen LogP) is 2.18. The molecular weight excluding hydrogens is 245 g/mol. The average Bonchev–Trinajstić information content (AvgIpc) is 2.73. The fraction of sp³-hybridized carbons (Fsp3) is 0.818. The second-order valence-corrected chi connectivity index (χ2v) is 4.90. The first-order valence-corrected chi connectivity index (χ1v) is 6.08. The van der Waals surface area contributed by atoms with Crippen LogP contribution in [0, 0.1) is 11.8 Å². The lowest BCUT2D eigenvalue weighted by atomic mass is 9.74. The van der Waals surface area contributed by atoms with Gasteiger partial charge in [-0.2, -0.15) is 13.2 Å². The van der Waals surface area contributed by atoms with Crippen molar-refractivity contribution in [3.05, 3.63) is 11.9 Å². The van der Waals surface area contributed by atoms with Crippen molar-refractivity contribution in [1.29, 1.82) is 0 Å². The number of nitrogens with two attached hydrogens (primary N) is 1. The number of nitrogens with zero attached hydrogens (tertiary/aromatic N) is 3. The van der Waals surface area contributed by atoms with Crippen LogP contribution in [0.3, 0.4) is 0 Å². The van der Waals surface area contributed by atoms with E-state index in [4.69, 9.17) is 5.73 Å². The summed E-state index contributed by atoms with van der Waals surface area (Å²) in [5.74, 6) is -1.88. The van der Waals surface area contributed by atoms with Crippen molar-refractivity contribution in [2.45, 2.75) is 37.9 Å². The van der Waals surface area contributed by atoms with Gasteiger partial charge in [0.25, 0.3) is 0 Å². The molecular formula is C11H17F3N4. The minimum Gasteiger partial charge on any atom is -0.322 e. The Morgan fingerprint density at radius 2 is 2.06 bits per heavy atom. The Labute approximate surface area is 103 Å². The molecule has 102 valence electrons. The van der Waals surface area contributed by atoms with Crippen molar-refractivity contribution in [1.82, 2.24) is 15.0 Å². The summed E-state index contributed by atoms with van der Waals surface area (Å²) in [5.41, 5.74) is 6.57. The first-order valence-electron chi connectivity index (χ1n) is 6.08. The van der Waals surface area contributed by atoms with E-state index in [-0.39, 0.29) is 6.42 Å². The molecule has 0 spiro atoms. The van der Waals surface area contributed by atoms with Crippen molar-refractivity contribution in [3.63, 3.8) is 0 Å². The molecule has 1 saturated carbocycles. The molecule has 1 fully saturated rings. The van der Waals surface area contributed by atoms with Crippen LogP contribution in [0.1, 0.15) is 37.4 Å². The smallest absolute Gasteiger partial charge is 0.322 e. The van der Waals surface area contributed by atoms with E-state index in [9.17, 15) is 13.2 Å². The van der Waals surface area contributed by atoms with Crippen LogP contribution in [0.25, 0.3) is 0 Å². The molecule has 0 aliphatic heterocycles. The summed E-state index contributed by atoms with van der Waals surface area (Å²) in [7, 11) is 1.65. The Balaban J connectivity index is 2.22. The van der Waals surface area contributed by atoms with Crippen LogP contribution in [0.5, 0.6) is 0 Å². The number of aromatic nitrogens is 3. The standard InChI is InChI=1S/C11H17F3N4/c1-18-9(6-16-17-18)10(15)7-4-2-3-5-8(7)11(12,13)14/h6-8,10H,2-5,15H2,1H3. The molecule has 1 aliphatic carbocycles. The van der Waals surface area contributed by atoms with Crippen LogP contribution >= 0.6 is 0 Å². The molecule has 2 N–H and O–H groups in total. The predicted molar refractivity (Wildman–Crippen MR) is 59.4 cm³/mol. The highest BCUT2D eigenvalue weighted by Gasteiger charge is 2.47. The summed E-state index contributed by atoms with van der Waals surface area (Å²) in [6, 6.07) is -0.656. The van der Waals surface area contributed by atoms with Gasteiger partial charge in [0, 0.05) is 7.05 Å². The average molecular weight is 262 g/mol. The molecule has 4 nitrogen and oxygen atoms in total. The van der Waals surface area contributed by atoms with Crippen LogP contribution in [0.2, 0.25) is 0 Å². The molecule has 3 unspecified atom stereocenters. The van der Waals surface area contributed by atoms with E-state index in [2.05, 4.69) is 10.3 Å². The van der Waals surface area contributed by atoms with Gasteiger partial charge < -0.3 is 5.73 Å². The van der Waals surface area contributed by atoms with Crippen molar-refractivity contribution in [3.8, 4) is 0 Å². The van der Waals surface area contributed by atoms with Crippen LogP contribution in [0.15, 0.2) is 6.20 Å². The number of hydrogen-bond donors (Lipinski definition) is 1. The van der Waals surface area contributed by atoms with Gasteiger partial charge in [0.05, 0.1) is 23.9 Å². The lowest BCUT2D eigenvalue weighted by Crippen LogP contribution is -2.39. The first kappa shape index (κ1) is 13.3. The van der Waals surface area contributed by atoms with Crippen molar-refractivity contribution >= 4 is 0 Å². The van der Waals surface area contributed by atoms with E-state index in [1.807, 2.05) is 0 Å². The van der Waals surface area contributed by atoms with Crippen LogP contribution in [-0.2, 0) is 7.05 Å². The summed E-state index contributed by atoms with van der Waals surface area (Å²) >= 11 is 0. The minimum atomic E-state index is -4.17. The lowest BCUT2D eigenvalue weighted by molar-refractivity contribution is -0.198. The largest absolute Gasteiger partial charge is 0.392 e. The highest BCUT2D eigenvalue weighted by atomic mass is 19.4. The third-order valence-electron chi connectivity index (χ3n) is 3.79. The summed E-state index contributed by atoms with van der Waals surface area (Å²) < 4.78 is 40.5. The molecule has 0 saturated heterocycles.